The molecule has 386 valence electrons. The summed E-state index contributed by atoms with van der Waals surface area (Å²) in [6.07, 6.45) is 18.7. The smallest absolute Gasteiger partial charge is 0.338 e. The fourth-order valence-electron chi connectivity index (χ4n) is 9.02. The van der Waals surface area contributed by atoms with Gasteiger partial charge in [-0.2, -0.15) is 0 Å². The molecule has 5 aromatic rings. The highest BCUT2D eigenvalue weighted by atomic mass is 16.6. The number of ether oxygens (including phenoxy) is 4. The van der Waals surface area contributed by atoms with E-state index < -0.39 is 0 Å². The summed E-state index contributed by atoms with van der Waals surface area (Å²) in [5, 5.41) is 12.3. The number of nitrogens with zero attached hydrogens (tertiary/aromatic N) is 3. The van der Waals surface area contributed by atoms with Crippen LogP contribution in [0.2, 0.25) is 0 Å². The van der Waals surface area contributed by atoms with E-state index in [-0.39, 0.29) is 23.9 Å². The summed E-state index contributed by atoms with van der Waals surface area (Å²) in [5.74, 6) is -1.30. The van der Waals surface area contributed by atoms with Crippen LogP contribution in [0.3, 0.4) is 0 Å². The fraction of sp³-hybridized carbons (Fsp3) is 0.250. The lowest BCUT2D eigenvalue weighted by Crippen LogP contribution is -2.17. The number of aromatic nitrogens is 1. The van der Waals surface area contributed by atoms with Gasteiger partial charge in [0.15, 0.2) is 0 Å². The van der Waals surface area contributed by atoms with Crippen molar-refractivity contribution in [3.63, 3.8) is 0 Å². The van der Waals surface area contributed by atoms with E-state index in [1.165, 1.54) is 0 Å². The molecule has 76 heavy (non-hydrogen) atoms. The van der Waals surface area contributed by atoms with Crippen LogP contribution in [0.15, 0.2) is 178 Å². The van der Waals surface area contributed by atoms with Crippen LogP contribution in [-0.2, 0) is 18.9 Å². The zero-order chi connectivity index (χ0) is 53.0. The van der Waals surface area contributed by atoms with E-state index in [0.29, 0.717) is 82.6 Å². The van der Waals surface area contributed by atoms with Gasteiger partial charge in [0.25, 0.3) is 5.95 Å². The fourth-order valence-corrected chi connectivity index (χ4v) is 9.02. The Balaban J connectivity index is 1.26. The van der Waals surface area contributed by atoms with Crippen LogP contribution in [0.4, 0.5) is 0 Å². The molecule has 0 atom stereocenters. The predicted molar refractivity (Wildman–Crippen MR) is 300 cm³/mol. The lowest BCUT2D eigenvalue weighted by molar-refractivity contribution is 0.0490. The Morgan fingerprint density at radius 1 is 0.408 bits per heavy atom. The SMILES string of the molecule is CCCCOC(=O)c1ccc(C2=C3C=CC(=N3)C(c3ccc(C(=O)OCCCC)cc3)=C3C=CC(=N3)C(=c3ccc(=C(O)OCCCC)cc3)c3ccc([nH]3)C(c3ccc(C(=O)OCCCC)cc3)=C3C=CC2=N3)cc1. The van der Waals surface area contributed by atoms with Gasteiger partial charge < -0.3 is 29.0 Å². The number of nitrogens with one attached hydrogen (secondary N) is 1. The quantitative estimate of drug-likeness (QED) is 0.0469. The number of H-pyrrole nitrogens is 1. The third-order valence-corrected chi connectivity index (χ3v) is 13.3. The molecule has 4 aliphatic heterocycles. The number of carbonyl (C=O) groups excluding carboxylic acids is 3. The number of fused-ring (bicyclic) bond motifs is 5. The van der Waals surface area contributed by atoms with Crippen molar-refractivity contribution in [3.8, 4) is 0 Å². The zero-order valence-corrected chi connectivity index (χ0v) is 43.5. The van der Waals surface area contributed by atoms with Gasteiger partial charge in [-0.3, -0.25) is 0 Å². The Morgan fingerprint density at radius 2 is 0.750 bits per heavy atom. The molecule has 4 aliphatic rings. The van der Waals surface area contributed by atoms with Crippen LogP contribution in [0.1, 0.15) is 138 Å². The lowest BCUT2D eigenvalue weighted by atomic mass is 9.97. The number of aromatic amines is 1. The van der Waals surface area contributed by atoms with Gasteiger partial charge in [0.2, 0.25) is 0 Å². The molecule has 0 spiro atoms. The average molecular weight is 1020 g/mol. The normalized spacial score (nSPS) is 14.5. The van der Waals surface area contributed by atoms with Crippen molar-refractivity contribution in [3.05, 3.63) is 218 Å². The van der Waals surface area contributed by atoms with Crippen LogP contribution < -0.4 is 10.4 Å². The first-order valence-corrected chi connectivity index (χ1v) is 26.4. The van der Waals surface area contributed by atoms with Gasteiger partial charge in [0, 0.05) is 33.7 Å². The first-order chi connectivity index (χ1) is 37.2. The van der Waals surface area contributed by atoms with Crippen molar-refractivity contribution in [1.29, 1.82) is 0 Å². The zero-order valence-electron chi connectivity index (χ0n) is 43.5. The Kier molecular flexibility index (Phi) is 16.9. The molecule has 0 saturated carbocycles. The highest BCUT2D eigenvalue weighted by Crippen LogP contribution is 2.38. The molecule has 1 aromatic heterocycles. The predicted octanol–water partition coefficient (Wildman–Crippen LogP) is 12.2. The van der Waals surface area contributed by atoms with Gasteiger partial charge in [-0.1, -0.05) is 102 Å². The minimum absolute atomic E-state index is 0.138. The molecular weight excluding hydrogens is 953 g/mol. The lowest BCUT2D eigenvalue weighted by Gasteiger charge is -2.13. The Hall–Kier alpha value is -8.64. The summed E-state index contributed by atoms with van der Waals surface area (Å²) in [6, 6.07) is 33.6. The number of aliphatic imine (C=N–C) groups is 3. The monoisotopic (exact) mass is 1010 g/mol. The van der Waals surface area contributed by atoms with Crippen molar-refractivity contribution in [2.24, 2.45) is 15.0 Å². The van der Waals surface area contributed by atoms with Crippen LogP contribution in [0.5, 0.6) is 0 Å². The number of benzene rings is 4. The largest absolute Gasteiger partial charge is 0.481 e. The van der Waals surface area contributed by atoms with Gasteiger partial charge in [-0.15, -0.1) is 0 Å². The maximum atomic E-state index is 13.1. The molecule has 9 rings (SSSR count). The van der Waals surface area contributed by atoms with Crippen molar-refractivity contribution in [2.75, 3.05) is 26.4 Å². The molecule has 5 heterocycles. The number of aliphatic hydroxyl groups excluding tert-OH is 1. The minimum atomic E-state index is -0.390. The molecule has 8 bridgehead atoms. The van der Waals surface area contributed by atoms with Crippen LogP contribution in [-0.4, -0.2) is 71.6 Å². The molecule has 0 saturated heterocycles. The Bertz CT molecular complexity index is 3430. The van der Waals surface area contributed by atoms with Gasteiger partial charge in [0.05, 0.1) is 82.6 Å². The summed E-state index contributed by atoms with van der Waals surface area (Å²) in [7, 11) is 0. The maximum Gasteiger partial charge on any atom is 0.338 e. The molecule has 0 amide bonds. The van der Waals surface area contributed by atoms with Gasteiger partial charge in [-0.25, -0.2) is 29.4 Å². The molecule has 0 fully saturated rings. The second-order valence-electron chi connectivity index (χ2n) is 18.7. The van der Waals surface area contributed by atoms with E-state index >= 15 is 0 Å². The van der Waals surface area contributed by atoms with Crippen molar-refractivity contribution >= 4 is 63.3 Å². The minimum Gasteiger partial charge on any atom is -0.481 e. The van der Waals surface area contributed by atoms with Gasteiger partial charge in [0.1, 0.15) is 0 Å². The van der Waals surface area contributed by atoms with Crippen LogP contribution >= 0.6 is 0 Å². The summed E-state index contributed by atoms with van der Waals surface area (Å²) >= 11 is 0. The number of esters is 3. The molecule has 4 aromatic carbocycles. The Morgan fingerprint density at radius 3 is 1.14 bits per heavy atom. The summed E-state index contributed by atoms with van der Waals surface area (Å²) in [4.78, 5) is 59.2. The van der Waals surface area contributed by atoms with Gasteiger partial charge in [-0.05, 0) is 145 Å². The molecule has 12 heteroatoms. The molecule has 12 nitrogen and oxygen atoms in total. The summed E-state index contributed by atoms with van der Waals surface area (Å²) in [6.45, 7) is 9.67. The van der Waals surface area contributed by atoms with Crippen molar-refractivity contribution in [2.45, 2.75) is 79.1 Å². The third kappa shape index (κ3) is 11.8. The van der Waals surface area contributed by atoms with E-state index in [1.807, 2.05) is 123 Å². The van der Waals surface area contributed by atoms with E-state index in [4.69, 9.17) is 33.9 Å². The van der Waals surface area contributed by atoms with Crippen molar-refractivity contribution in [1.82, 2.24) is 4.98 Å². The standard InChI is InChI=1S/C64H62N4O8/c1-5-9-37-73-61(69)45-21-13-41(14-22-45)57-49-29-31-51(65-49)58(42-15-23-46(24-16-42)62(70)74-38-10-6-2)53-33-35-55(67-53)60(44-19-27-48(28-20-44)64(72)76-40-12-8-4)56-36-34-54(68-56)59(52-32-30-50(57)66-52)43-17-25-47(26-18-43)63(71)75-39-11-7-3/h13-36,65,69H,5-12,37-40H2,1-4H3. The average Bonchev–Trinajstić information content (AvgIpc) is 4.33. The van der Waals surface area contributed by atoms with Crippen LogP contribution in [0.25, 0.3) is 28.2 Å². The number of unbranched alkanes of at least 4 members (excludes halogenated alkanes) is 4. The summed E-state index contributed by atoms with van der Waals surface area (Å²) in [5.41, 5.74) is 12.1. The molecular formula is C64H62N4O8. The molecule has 0 unspecified atom stereocenters. The number of aliphatic hydroxyl groups is 1. The molecule has 0 radical (unpaired) electrons. The molecule has 0 aliphatic carbocycles. The highest BCUT2D eigenvalue weighted by Gasteiger charge is 2.27. The number of rotatable bonds is 19. The number of hydrogen-bond donors (Lipinski definition) is 2. The number of hydrogen-bond acceptors (Lipinski definition) is 11. The molecule has 2 N–H and O–H groups in total. The second-order valence-corrected chi connectivity index (χ2v) is 18.7. The third-order valence-electron chi connectivity index (χ3n) is 13.3. The summed E-state index contributed by atoms with van der Waals surface area (Å²) < 4.78 is 22.3. The first kappa shape index (κ1) is 52.2. The van der Waals surface area contributed by atoms with Crippen molar-refractivity contribution < 1.29 is 38.4 Å². The first-order valence-electron chi connectivity index (χ1n) is 26.4. The van der Waals surface area contributed by atoms with E-state index in [1.54, 1.807) is 36.4 Å². The van der Waals surface area contributed by atoms with E-state index in [0.717, 1.165) is 107 Å². The van der Waals surface area contributed by atoms with E-state index in [2.05, 4.69) is 18.8 Å². The second kappa shape index (κ2) is 24.6. The van der Waals surface area contributed by atoms with E-state index in [9.17, 15) is 19.5 Å². The van der Waals surface area contributed by atoms with Crippen LogP contribution in [0, 0.1) is 0 Å². The van der Waals surface area contributed by atoms with Gasteiger partial charge >= 0.3 is 17.9 Å². The highest BCUT2D eigenvalue weighted by molar-refractivity contribution is 6.37. The Labute approximate surface area is 443 Å². The number of allylic oxidation sites excluding steroid dienone is 8. The number of carbonyl (C=O) groups is 3. The topological polar surface area (TPSA) is 161 Å². The maximum absolute atomic E-state index is 13.1.